The minimum atomic E-state index is -0.237. The van der Waals surface area contributed by atoms with Crippen molar-refractivity contribution in [3.8, 4) is 0 Å². The number of nitrogens with one attached hydrogen (secondary N) is 1. The van der Waals surface area contributed by atoms with Crippen LogP contribution in [0.15, 0.2) is 59.5 Å². The zero-order valence-electron chi connectivity index (χ0n) is 16.7. The number of carbonyl (C=O) groups is 1. The molecule has 2 heterocycles. The SMILES string of the molecule is Cc1ccccc1[C@H]1CCN(CCNC(=O)Cn2ncc3ccccc3c2=O)C1. The molecule has 0 unspecified atom stereocenters. The number of aryl methyl sites for hydroxylation is 1. The van der Waals surface area contributed by atoms with Crippen LogP contribution in [0.25, 0.3) is 10.8 Å². The van der Waals surface area contributed by atoms with E-state index in [0.29, 0.717) is 17.8 Å². The molecule has 1 N–H and O–H groups in total. The lowest BCUT2D eigenvalue weighted by Gasteiger charge is -2.17. The molecule has 29 heavy (non-hydrogen) atoms. The van der Waals surface area contributed by atoms with Gasteiger partial charge in [-0.25, -0.2) is 4.68 Å². The number of aromatic nitrogens is 2. The van der Waals surface area contributed by atoms with E-state index < -0.39 is 0 Å². The number of benzene rings is 2. The van der Waals surface area contributed by atoms with Crippen molar-refractivity contribution in [2.45, 2.75) is 25.8 Å². The fourth-order valence-corrected chi connectivity index (χ4v) is 4.12. The fourth-order valence-electron chi connectivity index (χ4n) is 4.12. The van der Waals surface area contributed by atoms with Crippen LogP contribution >= 0.6 is 0 Å². The molecule has 6 nitrogen and oxygen atoms in total. The second-order valence-electron chi connectivity index (χ2n) is 7.69. The molecule has 1 amide bonds. The summed E-state index contributed by atoms with van der Waals surface area (Å²) in [6.45, 7) is 5.55. The van der Waals surface area contributed by atoms with Crippen LogP contribution in [0.5, 0.6) is 0 Å². The summed E-state index contributed by atoms with van der Waals surface area (Å²) >= 11 is 0. The van der Waals surface area contributed by atoms with Gasteiger partial charge in [-0.2, -0.15) is 5.10 Å². The number of amides is 1. The molecule has 1 aliphatic rings. The zero-order valence-corrected chi connectivity index (χ0v) is 16.7. The van der Waals surface area contributed by atoms with E-state index in [-0.39, 0.29) is 18.0 Å². The van der Waals surface area contributed by atoms with Gasteiger partial charge in [-0.15, -0.1) is 0 Å². The molecule has 1 aliphatic heterocycles. The van der Waals surface area contributed by atoms with Gasteiger partial charge in [0.05, 0.1) is 11.6 Å². The molecule has 0 saturated carbocycles. The van der Waals surface area contributed by atoms with E-state index in [0.717, 1.165) is 31.4 Å². The molecule has 0 aliphatic carbocycles. The Morgan fingerprint density at radius 2 is 1.97 bits per heavy atom. The quantitative estimate of drug-likeness (QED) is 0.701. The Kier molecular flexibility index (Phi) is 5.71. The summed E-state index contributed by atoms with van der Waals surface area (Å²) in [5.41, 5.74) is 2.54. The van der Waals surface area contributed by atoms with E-state index >= 15 is 0 Å². The van der Waals surface area contributed by atoms with Crippen LogP contribution < -0.4 is 10.9 Å². The van der Waals surface area contributed by atoms with Crippen molar-refractivity contribution in [2.75, 3.05) is 26.2 Å². The highest BCUT2D eigenvalue weighted by Crippen LogP contribution is 2.28. The van der Waals surface area contributed by atoms with Crippen LogP contribution in [0.3, 0.4) is 0 Å². The second-order valence-corrected chi connectivity index (χ2v) is 7.69. The molecule has 6 heteroatoms. The number of hydrogen-bond donors (Lipinski definition) is 1. The van der Waals surface area contributed by atoms with Gasteiger partial charge in [0.2, 0.25) is 5.91 Å². The number of hydrogen-bond acceptors (Lipinski definition) is 4. The van der Waals surface area contributed by atoms with E-state index in [9.17, 15) is 9.59 Å². The third-order valence-electron chi connectivity index (χ3n) is 5.71. The van der Waals surface area contributed by atoms with Crippen molar-refractivity contribution < 1.29 is 4.79 Å². The van der Waals surface area contributed by atoms with Gasteiger partial charge in [0.1, 0.15) is 6.54 Å². The lowest BCUT2D eigenvalue weighted by atomic mass is 9.94. The molecule has 1 aromatic heterocycles. The first-order valence-corrected chi connectivity index (χ1v) is 10.1. The summed E-state index contributed by atoms with van der Waals surface area (Å²) in [6.07, 6.45) is 2.77. The van der Waals surface area contributed by atoms with Crippen LogP contribution in [0.1, 0.15) is 23.5 Å². The summed E-state index contributed by atoms with van der Waals surface area (Å²) in [5, 5.41) is 8.40. The van der Waals surface area contributed by atoms with Gasteiger partial charge in [0, 0.05) is 25.0 Å². The first-order valence-electron chi connectivity index (χ1n) is 10.1. The van der Waals surface area contributed by atoms with E-state index in [1.54, 1.807) is 12.3 Å². The molecule has 0 spiro atoms. The maximum atomic E-state index is 12.5. The van der Waals surface area contributed by atoms with Crippen molar-refractivity contribution in [3.63, 3.8) is 0 Å². The average Bonchev–Trinajstić information content (AvgIpc) is 3.19. The van der Waals surface area contributed by atoms with E-state index in [4.69, 9.17) is 0 Å². The van der Waals surface area contributed by atoms with Crippen molar-refractivity contribution in [1.29, 1.82) is 0 Å². The van der Waals surface area contributed by atoms with Gasteiger partial charge in [-0.05, 0) is 43.0 Å². The topological polar surface area (TPSA) is 67.2 Å². The summed E-state index contributed by atoms with van der Waals surface area (Å²) in [7, 11) is 0. The molecule has 4 rings (SSSR count). The Bertz CT molecular complexity index is 1080. The lowest BCUT2D eigenvalue weighted by molar-refractivity contribution is -0.121. The molecule has 1 saturated heterocycles. The molecular weight excluding hydrogens is 364 g/mol. The number of fused-ring (bicyclic) bond motifs is 1. The Morgan fingerprint density at radius 3 is 2.83 bits per heavy atom. The van der Waals surface area contributed by atoms with Crippen molar-refractivity contribution in [3.05, 3.63) is 76.2 Å². The summed E-state index contributed by atoms with van der Waals surface area (Å²) in [5.74, 6) is 0.372. The van der Waals surface area contributed by atoms with E-state index in [2.05, 4.69) is 46.5 Å². The normalized spacial score (nSPS) is 16.9. The monoisotopic (exact) mass is 390 g/mol. The number of rotatable bonds is 6. The van der Waals surface area contributed by atoms with Crippen LogP contribution in [0.2, 0.25) is 0 Å². The summed E-state index contributed by atoms with van der Waals surface area (Å²) in [4.78, 5) is 27.1. The Hall–Kier alpha value is -2.99. The predicted molar refractivity (Wildman–Crippen MR) is 114 cm³/mol. The Morgan fingerprint density at radius 1 is 1.17 bits per heavy atom. The van der Waals surface area contributed by atoms with Gasteiger partial charge >= 0.3 is 0 Å². The van der Waals surface area contributed by atoms with Crippen molar-refractivity contribution in [1.82, 2.24) is 20.0 Å². The Labute approximate surface area is 170 Å². The van der Waals surface area contributed by atoms with Crippen LogP contribution in [0, 0.1) is 6.92 Å². The number of likely N-dealkylation sites (tertiary alicyclic amines) is 1. The first-order chi connectivity index (χ1) is 14.1. The maximum absolute atomic E-state index is 12.5. The van der Waals surface area contributed by atoms with E-state index in [1.807, 2.05) is 18.2 Å². The van der Waals surface area contributed by atoms with Gasteiger partial charge < -0.3 is 10.2 Å². The smallest absolute Gasteiger partial charge is 0.275 e. The van der Waals surface area contributed by atoms with Crippen LogP contribution in [0.4, 0.5) is 0 Å². The fraction of sp³-hybridized carbons (Fsp3) is 0.348. The molecule has 0 bridgehead atoms. The van der Waals surface area contributed by atoms with Gasteiger partial charge in [0.25, 0.3) is 5.56 Å². The van der Waals surface area contributed by atoms with Gasteiger partial charge in [-0.3, -0.25) is 9.59 Å². The molecule has 0 radical (unpaired) electrons. The number of nitrogens with zero attached hydrogens (tertiary/aromatic N) is 3. The molecule has 3 aromatic rings. The largest absolute Gasteiger partial charge is 0.353 e. The van der Waals surface area contributed by atoms with Crippen molar-refractivity contribution in [2.24, 2.45) is 0 Å². The highest BCUT2D eigenvalue weighted by atomic mass is 16.2. The predicted octanol–water partition coefficient (Wildman–Crippen LogP) is 2.31. The highest BCUT2D eigenvalue weighted by Gasteiger charge is 2.24. The maximum Gasteiger partial charge on any atom is 0.275 e. The van der Waals surface area contributed by atoms with Gasteiger partial charge in [0.15, 0.2) is 0 Å². The molecule has 1 fully saturated rings. The minimum absolute atomic E-state index is 0.0600. The van der Waals surface area contributed by atoms with E-state index in [1.165, 1.54) is 15.8 Å². The molecule has 1 atom stereocenters. The number of carbonyl (C=O) groups excluding carboxylic acids is 1. The first kappa shape index (κ1) is 19.3. The van der Waals surface area contributed by atoms with Crippen LogP contribution in [-0.2, 0) is 11.3 Å². The standard InChI is InChI=1S/C23H26N4O2/c1-17-6-2-4-8-20(17)19-10-12-26(15-19)13-11-24-22(28)16-27-23(29)21-9-5-3-7-18(21)14-25-27/h2-9,14,19H,10-13,15-16H2,1H3,(H,24,28)/t19-/m0/s1. The molecule has 2 aromatic carbocycles. The average molecular weight is 390 g/mol. The summed E-state index contributed by atoms with van der Waals surface area (Å²) < 4.78 is 1.22. The van der Waals surface area contributed by atoms with Crippen LogP contribution in [-0.4, -0.2) is 46.8 Å². The minimum Gasteiger partial charge on any atom is -0.353 e. The molecule has 150 valence electrons. The van der Waals surface area contributed by atoms with Crippen molar-refractivity contribution >= 4 is 16.7 Å². The Balaban J connectivity index is 1.27. The third-order valence-corrected chi connectivity index (χ3v) is 5.71. The zero-order chi connectivity index (χ0) is 20.2. The molecular formula is C23H26N4O2. The van der Waals surface area contributed by atoms with Gasteiger partial charge in [-0.1, -0.05) is 42.5 Å². The second kappa shape index (κ2) is 8.57. The summed E-state index contributed by atoms with van der Waals surface area (Å²) in [6, 6.07) is 15.8. The highest BCUT2D eigenvalue weighted by molar-refractivity contribution is 5.81. The lowest BCUT2D eigenvalue weighted by Crippen LogP contribution is -2.37. The third kappa shape index (κ3) is 4.38.